The van der Waals surface area contributed by atoms with E-state index in [2.05, 4.69) is 0 Å². The summed E-state index contributed by atoms with van der Waals surface area (Å²) in [6.45, 7) is 2.52. The topological polar surface area (TPSA) is 107 Å². The van der Waals surface area contributed by atoms with Crippen LogP contribution in [0.5, 0.6) is 11.5 Å². The van der Waals surface area contributed by atoms with Gasteiger partial charge in [-0.2, -0.15) is 5.26 Å². The van der Waals surface area contributed by atoms with Crippen LogP contribution < -0.4 is 20.7 Å². The predicted octanol–water partition coefficient (Wildman–Crippen LogP) is 0.894. The number of likely N-dealkylation sites (N-methyl/N-ethyl adjacent to an activating group) is 1. The van der Waals surface area contributed by atoms with Crippen LogP contribution in [0.25, 0.3) is 0 Å². The molecule has 0 unspecified atom stereocenters. The van der Waals surface area contributed by atoms with E-state index in [9.17, 15) is 19.6 Å². The summed E-state index contributed by atoms with van der Waals surface area (Å²) >= 11 is 0. The molecule has 158 valence electrons. The summed E-state index contributed by atoms with van der Waals surface area (Å²) in [5, 5.41) is 9.38. The highest BCUT2D eigenvalue weighted by molar-refractivity contribution is 5.76. The van der Waals surface area contributed by atoms with Gasteiger partial charge in [0.2, 0.25) is 5.91 Å². The fourth-order valence-electron chi connectivity index (χ4n) is 3.70. The number of carbonyl (C=O) groups is 1. The number of aromatic nitrogens is 2. The molecule has 3 rings (SSSR count). The first-order valence-electron chi connectivity index (χ1n) is 9.70. The van der Waals surface area contributed by atoms with Crippen LogP contribution in [0.15, 0.2) is 27.8 Å². The van der Waals surface area contributed by atoms with Gasteiger partial charge in [0.1, 0.15) is 18.2 Å². The molecule has 0 bridgehead atoms. The van der Waals surface area contributed by atoms with Crippen molar-refractivity contribution >= 4 is 5.91 Å². The molecule has 0 saturated heterocycles. The Morgan fingerprint density at radius 1 is 1.23 bits per heavy atom. The molecule has 1 aromatic carbocycles. The van der Waals surface area contributed by atoms with Gasteiger partial charge in [-0.15, -0.1) is 0 Å². The van der Waals surface area contributed by atoms with Crippen molar-refractivity contribution in [2.75, 3.05) is 20.8 Å². The van der Waals surface area contributed by atoms with E-state index in [1.54, 1.807) is 19.2 Å². The number of ether oxygens (including phenoxy) is 2. The second-order valence-corrected chi connectivity index (χ2v) is 6.96. The third-order valence-corrected chi connectivity index (χ3v) is 5.29. The van der Waals surface area contributed by atoms with Gasteiger partial charge in [-0.05, 0) is 37.5 Å². The molecule has 0 fully saturated rings. The maximum absolute atomic E-state index is 12.9. The number of benzene rings is 1. The molecule has 1 aliphatic heterocycles. The maximum Gasteiger partial charge on any atom is 0.331 e. The van der Waals surface area contributed by atoms with Crippen LogP contribution in [0.2, 0.25) is 0 Å². The summed E-state index contributed by atoms with van der Waals surface area (Å²) < 4.78 is 12.8. The fraction of sp³-hybridized carbons (Fsp3) is 0.429. The molecule has 30 heavy (non-hydrogen) atoms. The standard InChI is InChI=1S/C21H24N4O5/c1-4-23(12-14-7-8-17(29-2)18(10-14)30-3)19(26)13-25-20(27)15(11-22)16-6-5-9-24(16)21(25)28/h7-8,10H,4-6,9,12-13H2,1-3H3. The Hall–Kier alpha value is -3.54. The van der Waals surface area contributed by atoms with E-state index in [0.29, 0.717) is 43.1 Å². The zero-order chi connectivity index (χ0) is 21.8. The van der Waals surface area contributed by atoms with Crippen LogP contribution in [0.1, 0.15) is 30.2 Å². The van der Waals surface area contributed by atoms with Crippen LogP contribution in [-0.4, -0.2) is 40.7 Å². The molecule has 0 spiro atoms. The molecule has 2 aromatic rings. The number of rotatable bonds is 7. The normalized spacial score (nSPS) is 12.2. The minimum absolute atomic E-state index is 0.0529. The first-order valence-corrected chi connectivity index (χ1v) is 9.70. The summed E-state index contributed by atoms with van der Waals surface area (Å²) in [6, 6.07) is 7.25. The average Bonchev–Trinajstić information content (AvgIpc) is 3.24. The summed E-state index contributed by atoms with van der Waals surface area (Å²) in [4.78, 5) is 39.8. The molecule has 0 saturated carbocycles. The largest absolute Gasteiger partial charge is 0.493 e. The lowest BCUT2D eigenvalue weighted by Crippen LogP contribution is -2.45. The summed E-state index contributed by atoms with van der Waals surface area (Å²) in [6.07, 6.45) is 1.21. The number of hydrogen-bond acceptors (Lipinski definition) is 6. The molecule has 1 aromatic heterocycles. The van der Waals surface area contributed by atoms with Crippen molar-refractivity contribution in [1.29, 1.82) is 5.26 Å². The molecule has 1 amide bonds. The SMILES string of the molecule is CCN(Cc1ccc(OC)c(OC)c1)C(=O)Cn1c(=O)c(C#N)c2n(c1=O)CCC2. The van der Waals surface area contributed by atoms with E-state index >= 15 is 0 Å². The van der Waals surface area contributed by atoms with Gasteiger partial charge < -0.3 is 14.4 Å². The molecule has 2 heterocycles. The van der Waals surface area contributed by atoms with Gasteiger partial charge >= 0.3 is 5.69 Å². The Morgan fingerprint density at radius 2 is 1.97 bits per heavy atom. The highest BCUT2D eigenvalue weighted by Gasteiger charge is 2.24. The van der Waals surface area contributed by atoms with Crippen molar-refractivity contribution < 1.29 is 14.3 Å². The Morgan fingerprint density at radius 3 is 2.60 bits per heavy atom. The predicted molar refractivity (Wildman–Crippen MR) is 109 cm³/mol. The highest BCUT2D eigenvalue weighted by Crippen LogP contribution is 2.28. The molecule has 0 aliphatic carbocycles. The van der Waals surface area contributed by atoms with E-state index < -0.39 is 17.8 Å². The van der Waals surface area contributed by atoms with Gasteiger partial charge in [0.15, 0.2) is 11.5 Å². The van der Waals surface area contributed by atoms with Crippen molar-refractivity contribution in [3.8, 4) is 17.6 Å². The van der Waals surface area contributed by atoms with E-state index in [-0.39, 0.29) is 18.0 Å². The average molecular weight is 412 g/mol. The maximum atomic E-state index is 12.9. The quantitative estimate of drug-likeness (QED) is 0.669. The third-order valence-electron chi connectivity index (χ3n) is 5.29. The zero-order valence-electron chi connectivity index (χ0n) is 17.3. The number of nitriles is 1. The Labute approximate surface area is 173 Å². The van der Waals surface area contributed by atoms with Gasteiger partial charge in [-0.1, -0.05) is 6.07 Å². The Balaban J connectivity index is 1.87. The number of hydrogen-bond donors (Lipinski definition) is 0. The highest BCUT2D eigenvalue weighted by atomic mass is 16.5. The fourth-order valence-corrected chi connectivity index (χ4v) is 3.70. The van der Waals surface area contributed by atoms with E-state index in [4.69, 9.17) is 9.47 Å². The van der Waals surface area contributed by atoms with Crippen LogP contribution in [0, 0.1) is 11.3 Å². The third kappa shape index (κ3) is 3.81. The minimum Gasteiger partial charge on any atom is -0.493 e. The number of methoxy groups -OCH3 is 2. The lowest BCUT2D eigenvalue weighted by Gasteiger charge is -2.22. The first kappa shape index (κ1) is 21.2. The molecule has 1 aliphatic rings. The van der Waals surface area contributed by atoms with Crippen molar-refractivity contribution in [3.05, 3.63) is 55.9 Å². The van der Waals surface area contributed by atoms with Gasteiger partial charge in [0.05, 0.1) is 14.2 Å². The molecule has 0 N–H and O–H groups in total. The monoisotopic (exact) mass is 412 g/mol. The van der Waals surface area contributed by atoms with E-state index in [1.165, 1.54) is 16.6 Å². The molecule has 0 radical (unpaired) electrons. The van der Waals surface area contributed by atoms with Crippen molar-refractivity contribution in [2.45, 2.75) is 39.4 Å². The second-order valence-electron chi connectivity index (χ2n) is 6.96. The van der Waals surface area contributed by atoms with Crippen molar-refractivity contribution in [3.63, 3.8) is 0 Å². The van der Waals surface area contributed by atoms with Crippen LogP contribution in [0.4, 0.5) is 0 Å². The van der Waals surface area contributed by atoms with Crippen LogP contribution in [0.3, 0.4) is 0 Å². The second kappa shape index (κ2) is 8.86. The number of nitrogens with zero attached hydrogens (tertiary/aromatic N) is 4. The first-order chi connectivity index (χ1) is 14.4. The lowest BCUT2D eigenvalue weighted by molar-refractivity contribution is -0.132. The smallest absolute Gasteiger partial charge is 0.331 e. The number of fused-ring (bicyclic) bond motifs is 1. The molecule has 0 atom stereocenters. The minimum atomic E-state index is -0.703. The Kier molecular flexibility index (Phi) is 6.26. The zero-order valence-corrected chi connectivity index (χ0v) is 17.3. The Bertz CT molecular complexity index is 1130. The number of amides is 1. The van der Waals surface area contributed by atoms with Gasteiger partial charge in [0, 0.05) is 25.3 Å². The van der Waals surface area contributed by atoms with Crippen molar-refractivity contribution in [2.24, 2.45) is 0 Å². The van der Waals surface area contributed by atoms with E-state index in [0.717, 1.165) is 10.1 Å². The summed E-state index contributed by atoms with van der Waals surface area (Å²) in [7, 11) is 3.08. The molecular weight excluding hydrogens is 388 g/mol. The van der Waals surface area contributed by atoms with Gasteiger partial charge in [-0.3, -0.25) is 14.2 Å². The molecule has 9 nitrogen and oxygen atoms in total. The molecule has 9 heteroatoms. The van der Waals surface area contributed by atoms with Crippen molar-refractivity contribution in [1.82, 2.24) is 14.0 Å². The molecular formula is C21H24N4O5. The van der Waals surface area contributed by atoms with E-state index in [1.807, 2.05) is 19.1 Å². The summed E-state index contributed by atoms with van der Waals surface area (Å²) in [5.74, 6) is 0.747. The number of carbonyl (C=O) groups excluding carboxylic acids is 1. The van der Waals surface area contributed by atoms with Gasteiger partial charge in [0.25, 0.3) is 5.56 Å². The van der Waals surface area contributed by atoms with Crippen LogP contribution in [-0.2, 0) is 30.8 Å². The summed E-state index contributed by atoms with van der Waals surface area (Å²) in [5.41, 5.74) is -0.0107. The van der Waals surface area contributed by atoms with Crippen LogP contribution >= 0.6 is 0 Å². The van der Waals surface area contributed by atoms with Gasteiger partial charge in [-0.25, -0.2) is 9.36 Å². The lowest BCUT2D eigenvalue weighted by atomic mass is 10.2.